The van der Waals surface area contributed by atoms with E-state index in [4.69, 9.17) is 23.8 Å². The minimum Gasteiger partial charge on any atom is -0.388 e. The van der Waals surface area contributed by atoms with Crippen LogP contribution in [0.2, 0.25) is 0 Å². The van der Waals surface area contributed by atoms with Crippen molar-refractivity contribution in [1.29, 1.82) is 0 Å². The van der Waals surface area contributed by atoms with Gasteiger partial charge in [0.2, 0.25) is 0 Å². The van der Waals surface area contributed by atoms with Crippen molar-refractivity contribution in [3.05, 3.63) is 0 Å². The number of hydrogen-bond donors (Lipinski definition) is 6. The van der Waals surface area contributed by atoms with Gasteiger partial charge in [-0.3, -0.25) is 14.5 Å². The average Bonchev–Trinajstić information content (AvgIpc) is 3.27. The van der Waals surface area contributed by atoms with Gasteiger partial charge in [0.15, 0.2) is 12.6 Å². The first-order valence-corrected chi connectivity index (χ1v) is 14.3. The molecule has 0 aromatic heterocycles. The summed E-state index contributed by atoms with van der Waals surface area (Å²) in [4.78, 5) is 42.0. The predicted octanol–water partition coefficient (Wildman–Crippen LogP) is -2.86. The summed E-state index contributed by atoms with van der Waals surface area (Å²) in [6.45, 7) is 4.50. The van der Waals surface area contributed by atoms with Crippen LogP contribution in [0.3, 0.4) is 0 Å². The highest BCUT2D eigenvalue weighted by Crippen LogP contribution is 2.23. The van der Waals surface area contributed by atoms with E-state index in [-0.39, 0.29) is 32.5 Å². The number of ether oxygens (including phenoxy) is 4. The molecule has 10 atom stereocenters. The first kappa shape index (κ1) is 34.7. The van der Waals surface area contributed by atoms with E-state index in [2.05, 4.69) is 0 Å². The van der Waals surface area contributed by atoms with E-state index in [0.29, 0.717) is 44.0 Å². The van der Waals surface area contributed by atoms with Crippen molar-refractivity contribution >= 4 is 17.8 Å². The van der Waals surface area contributed by atoms with Gasteiger partial charge in [0, 0.05) is 32.4 Å². The molecule has 242 valence electrons. The largest absolute Gasteiger partial charge is 0.388 e. The number of unbranched alkanes of at least 4 members (excludes halogenated alkanes) is 2. The Morgan fingerprint density at radius 1 is 0.738 bits per heavy atom. The van der Waals surface area contributed by atoms with Crippen LogP contribution in [-0.2, 0) is 38.2 Å². The van der Waals surface area contributed by atoms with Crippen LogP contribution in [0.1, 0.15) is 52.4 Å². The summed E-state index contributed by atoms with van der Waals surface area (Å²) in [5, 5.41) is 60.6. The van der Waals surface area contributed by atoms with Crippen LogP contribution < -0.4 is 0 Å². The van der Waals surface area contributed by atoms with Gasteiger partial charge in [-0.05, 0) is 33.2 Å². The number of hydroxylamine groups is 2. The molecular formula is C26H44N2O14. The van der Waals surface area contributed by atoms with Crippen molar-refractivity contribution in [2.45, 2.75) is 114 Å². The fraction of sp³-hybridized carbons (Fsp3) is 0.885. The zero-order valence-corrected chi connectivity index (χ0v) is 23.9. The van der Waals surface area contributed by atoms with Crippen molar-refractivity contribution in [3.8, 4) is 0 Å². The minimum atomic E-state index is -1.44. The van der Waals surface area contributed by atoms with Crippen molar-refractivity contribution in [1.82, 2.24) is 9.96 Å². The number of nitrogens with zero attached hydrogens (tertiary/aromatic N) is 2. The van der Waals surface area contributed by atoms with Gasteiger partial charge in [0.1, 0.15) is 36.6 Å². The van der Waals surface area contributed by atoms with E-state index in [1.54, 1.807) is 13.8 Å². The molecule has 6 N–H and O–H groups in total. The summed E-state index contributed by atoms with van der Waals surface area (Å²) in [6.07, 6.45) is -10.2. The van der Waals surface area contributed by atoms with Crippen LogP contribution in [0, 0.1) is 0 Å². The maximum Gasteiger partial charge on any atom is 0.333 e. The Bertz CT molecular complexity index is 839. The lowest BCUT2D eigenvalue weighted by molar-refractivity contribution is -0.295. The normalized spacial score (nSPS) is 35.7. The van der Waals surface area contributed by atoms with Crippen molar-refractivity contribution < 1.29 is 68.8 Å². The number of imide groups is 1. The number of aliphatic hydroxyl groups excluding tert-OH is 6. The topological polar surface area (TPSA) is 225 Å². The van der Waals surface area contributed by atoms with Gasteiger partial charge in [0.25, 0.3) is 11.8 Å². The van der Waals surface area contributed by atoms with Crippen LogP contribution in [0.4, 0.5) is 0 Å². The van der Waals surface area contributed by atoms with E-state index >= 15 is 0 Å². The second kappa shape index (κ2) is 16.3. The zero-order chi connectivity index (χ0) is 31.0. The molecule has 0 aromatic rings. The smallest absolute Gasteiger partial charge is 0.333 e. The number of carbonyl (C=O) groups is 3. The standard InChI is InChI=1S/C26H44N2O14/c1-14-19(32)21(34)23(36)25(40-14)38-12-10-27(11-13-39-26-24(37)22(35)20(33)15(2)41-26)9-5-3-4-6-18(31)42-28-16(29)7-8-17(28)30/h14-15,19-26,32-37H,3-13H2,1-2H3/t14-,15-,19+,20+,21+,22+,23-,24-,25+,26+/m0/s1. The van der Waals surface area contributed by atoms with E-state index in [1.165, 1.54) is 0 Å². The molecule has 42 heavy (non-hydrogen) atoms. The summed E-state index contributed by atoms with van der Waals surface area (Å²) < 4.78 is 22.2. The van der Waals surface area contributed by atoms with Crippen LogP contribution in [-0.4, -0.2) is 153 Å². The highest BCUT2D eigenvalue weighted by molar-refractivity contribution is 6.01. The van der Waals surface area contributed by atoms with Gasteiger partial charge in [-0.1, -0.05) is 6.42 Å². The molecule has 2 amide bonds. The number of aliphatic hydroxyl groups is 6. The molecule has 0 radical (unpaired) electrons. The third-order valence-corrected chi connectivity index (χ3v) is 7.55. The van der Waals surface area contributed by atoms with Crippen LogP contribution >= 0.6 is 0 Å². The molecule has 3 saturated heterocycles. The summed E-state index contributed by atoms with van der Waals surface area (Å²) in [5.41, 5.74) is 0. The second-order valence-corrected chi connectivity index (χ2v) is 10.8. The Morgan fingerprint density at radius 3 is 1.69 bits per heavy atom. The van der Waals surface area contributed by atoms with Crippen molar-refractivity contribution in [3.63, 3.8) is 0 Å². The van der Waals surface area contributed by atoms with E-state index in [1.807, 2.05) is 4.90 Å². The Morgan fingerprint density at radius 2 is 1.21 bits per heavy atom. The monoisotopic (exact) mass is 608 g/mol. The van der Waals surface area contributed by atoms with Gasteiger partial charge in [-0.15, -0.1) is 5.06 Å². The lowest BCUT2D eigenvalue weighted by Crippen LogP contribution is -2.57. The average molecular weight is 609 g/mol. The number of amides is 2. The Hall–Kier alpha value is -1.83. The molecule has 3 rings (SSSR count). The Balaban J connectivity index is 1.44. The molecule has 0 spiro atoms. The molecule has 3 heterocycles. The van der Waals surface area contributed by atoms with Crippen LogP contribution in [0.25, 0.3) is 0 Å². The lowest BCUT2D eigenvalue weighted by atomic mass is 10.0. The van der Waals surface area contributed by atoms with Gasteiger partial charge in [-0.25, -0.2) is 4.79 Å². The molecular weight excluding hydrogens is 564 g/mol. The van der Waals surface area contributed by atoms with Gasteiger partial charge in [-0.2, -0.15) is 0 Å². The molecule has 16 heteroatoms. The molecule has 3 aliphatic heterocycles. The van der Waals surface area contributed by atoms with Crippen molar-refractivity contribution in [2.24, 2.45) is 0 Å². The van der Waals surface area contributed by atoms with Crippen LogP contribution in [0.5, 0.6) is 0 Å². The number of rotatable bonds is 15. The first-order chi connectivity index (χ1) is 19.9. The maximum absolute atomic E-state index is 12.0. The molecule has 16 nitrogen and oxygen atoms in total. The summed E-state index contributed by atoms with van der Waals surface area (Å²) in [6, 6.07) is 0. The summed E-state index contributed by atoms with van der Waals surface area (Å²) in [5.74, 6) is -1.74. The van der Waals surface area contributed by atoms with Gasteiger partial charge in [0.05, 0.1) is 25.4 Å². The first-order valence-electron chi connectivity index (χ1n) is 14.3. The molecule has 0 aromatic carbocycles. The number of carbonyl (C=O) groups excluding carboxylic acids is 3. The van der Waals surface area contributed by atoms with Crippen molar-refractivity contribution in [2.75, 3.05) is 32.8 Å². The molecule has 0 bridgehead atoms. The third-order valence-electron chi connectivity index (χ3n) is 7.55. The Labute approximate surface area is 243 Å². The molecule has 0 unspecified atom stereocenters. The molecule has 0 saturated carbocycles. The lowest BCUT2D eigenvalue weighted by Gasteiger charge is -2.39. The minimum absolute atomic E-state index is 0.0236. The molecule has 0 aliphatic carbocycles. The summed E-state index contributed by atoms with van der Waals surface area (Å²) in [7, 11) is 0. The predicted molar refractivity (Wildman–Crippen MR) is 139 cm³/mol. The van der Waals surface area contributed by atoms with E-state index < -0.39 is 79.2 Å². The second-order valence-electron chi connectivity index (χ2n) is 10.8. The van der Waals surface area contributed by atoms with Crippen LogP contribution in [0.15, 0.2) is 0 Å². The van der Waals surface area contributed by atoms with E-state index in [0.717, 1.165) is 0 Å². The fourth-order valence-corrected chi connectivity index (χ4v) is 4.82. The number of hydrogen-bond acceptors (Lipinski definition) is 15. The highest BCUT2D eigenvalue weighted by Gasteiger charge is 2.43. The Kier molecular flexibility index (Phi) is 13.5. The SMILES string of the molecule is C[C@@H]1O[C@@H](OCCN(CCCCCC(=O)ON2C(=O)CCC2=O)CCO[C@@H]2O[C@@H](C)[C@@H](O)[C@@H](O)[C@@H]2O)[C@@H](O)[C@H](O)[C@@H]1O. The molecule has 3 aliphatic rings. The third kappa shape index (κ3) is 9.33. The molecule has 3 fully saturated rings. The fourth-order valence-electron chi connectivity index (χ4n) is 4.82. The zero-order valence-electron chi connectivity index (χ0n) is 23.9. The maximum atomic E-state index is 12.0. The summed E-state index contributed by atoms with van der Waals surface area (Å²) >= 11 is 0. The van der Waals surface area contributed by atoms with Gasteiger partial charge < -0.3 is 54.4 Å². The quantitative estimate of drug-likeness (QED) is 0.0812. The van der Waals surface area contributed by atoms with Gasteiger partial charge >= 0.3 is 5.97 Å². The van der Waals surface area contributed by atoms with E-state index in [9.17, 15) is 45.0 Å². The highest BCUT2D eigenvalue weighted by atomic mass is 16.7.